The van der Waals surface area contributed by atoms with Crippen molar-refractivity contribution in [3.05, 3.63) is 53.9 Å². The fourth-order valence-corrected chi connectivity index (χ4v) is 2.16. The van der Waals surface area contributed by atoms with E-state index in [-0.39, 0.29) is 11.4 Å². The van der Waals surface area contributed by atoms with Crippen LogP contribution in [0.5, 0.6) is 0 Å². The van der Waals surface area contributed by atoms with Crippen molar-refractivity contribution in [3.63, 3.8) is 0 Å². The molecular formula is C16H21N5. The van der Waals surface area contributed by atoms with E-state index in [9.17, 15) is 0 Å². The molecular weight excluding hydrogens is 262 g/mol. The van der Waals surface area contributed by atoms with Gasteiger partial charge in [-0.05, 0) is 24.3 Å². The molecule has 0 aliphatic rings. The van der Waals surface area contributed by atoms with E-state index in [1.54, 1.807) is 6.21 Å². The summed E-state index contributed by atoms with van der Waals surface area (Å²) < 4.78 is 2.16. The van der Waals surface area contributed by atoms with Gasteiger partial charge in [0.15, 0.2) is 0 Å². The van der Waals surface area contributed by atoms with Gasteiger partial charge in [0.25, 0.3) is 0 Å². The molecule has 110 valence electrons. The molecule has 21 heavy (non-hydrogen) atoms. The first kappa shape index (κ1) is 14.8. The van der Waals surface area contributed by atoms with E-state index in [1.807, 2.05) is 24.3 Å². The number of rotatable bonds is 3. The fraction of sp³-hybridized carbons (Fsp3) is 0.250. The van der Waals surface area contributed by atoms with Gasteiger partial charge in [0.05, 0.1) is 11.9 Å². The topological polar surface area (TPSA) is 81.7 Å². The normalized spacial score (nSPS) is 11.8. The Morgan fingerprint density at radius 1 is 1.05 bits per heavy atom. The van der Waals surface area contributed by atoms with Gasteiger partial charge >= 0.3 is 0 Å². The molecule has 0 spiro atoms. The van der Waals surface area contributed by atoms with Crippen molar-refractivity contribution in [2.24, 2.45) is 21.7 Å². The summed E-state index contributed by atoms with van der Waals surface area (Å²) >= 11 is 0. The molecule has 1 aromatic heterocycles. The van der Waals surface area contributed by atoms with Crippen LogP contribution >= 0.6 is 0 Å². The highest BCUT2D eigenvalue weighted by Gasteiger charge is 2.20. The van der Waals surface area contributed by atoms with Gasteiger partial charge in [-0.1, -0.05) is 39.0 Å². The molecule has 2 aromatic rings. The maximum absolute atomic E-state index is 5.29. The first-order valence-electron chi connectivity index (χ1n) is 6.79. The number of guanidine groups is 1. The number of aromatic nitrogens is 1. The summed E-state index contributed by atoms with van der Waals surface area (Å²) in [4.78, 5) is 0. The molecule has 2 rings (SSSR count). The molecule has 0 amide bonds. The van der Waals surface area contributed by atoms with E-state index in [0.29, 0.717) is 0 Å². The van der Waals surface area contributed by atoms with Crippen LogP contribution in [0.1, 0.15) is 32.2 Å². The Labute approximate surface area is 125 Å². The second-order valence-corrected chi connectivity index (χ2v) is 5.83. The molecule has 0 unspecified atom stereocenters. The van der Waals surface area contributed by atoms with Gasteiger partial charge in [-0.25, -0.2) is 0 Å². The molecule has 5 heteroatoms. The van der Waals surface area contributed by atoms with Crippen LogP contribution in [-0.2, 0) is 5.41 Å². The van der Waals surface area contributed by atoms with Crippen molar-refractivity contribution in [2.75, 3.05) is 0 Å². The van der Waals surface area contributed by atoms with Crippen molar-refractivity contribution >= 4 is 12.2 Å². The van der Waals surface area contributed by atoms with Crippen LogP contribution in [0.15, 0.2) is 52.7 Å². The van der Waals surface area contributed by atoms with Gasteiger partial charge in [-0.15, -0.1) is 5.10 Å². The highest BCUT2D eigenvalue weighted by molar-refractivity contribution is 5.81. The third kappa shape index (κ3) is 3.51. The quantitative estimate of drug-likeness (QED) is 0.515. The molecule has 1 heterocycles. The summed E-state index contributed by atoms with van der Waals surface area (Å²) in [5.41, 5.74) is 13.8. The summed E-state index contributed by atoms with van der Waals surface area (Å²) in [6.45, 7) is 6.54. The lowest BCUT2D eigenvalue weighted by Crippen LogP contribution is -2.21. The Balaban J connectivity index is 2.55. The zero-order chi connectivity index (χ0) is 15.5. The fourth-order valence-electron chi connectivity index (χ4n) is 2.16. The predicted octanol–water partition coefficient (Wildman–Crippen LogP) is 2.38. The second-order valence-electron chi connectivity index (χ2n) is 5.83. The predicted molar refractivity (Wildman–Crippen MR) is 87.9 cm³/mol. The number of benzene rings is 1. The summed E-state index contributed by atoms with van der Waals surface area (Å²) in [6, 6.07) is 14.3. The molecule has 0 saturated heterocycles. The zero-order valence-electron chi connectivity index (χ0n) is 12.6. The van der Waals surface area contributed by atoms with E-state index in [0.717, 1.165) is 11.4 Å². The summed E-state index contributed by atoms with van der Waals surface area (Å²) in [7, 11) is 0. The Kier molecular flexibility index (Phi) is 4.12. The van der Waals surface area contributed by atoms with E-state index in [1.165, 1.54) is 5.69 Å². The van der Waals surface area contributed by atoms with Gasteiger partial charge in [-0.2, -0.15) is 5.10 Å². The smallest absolute Gasteiger partial charge is 0.211 e. The van der Waals surface area contributed by atoms with Crippen molar-refractivity contribution in [1.29, 1.82) is 0 Å². The van der Waals surface area contributed by atoms with Gasteiger partial charge in [0.2, 0.25) is 5.96 Å². The average molecular weight is 283 g/mol. The van der Waals surface area contributed by atoms with Crippen LogP contribution in [0.2, 0.25) is 0 Å². The summed E-state index contributed by atoms with van der Waals surface area (Å²) in [6.07, 6.45) is 1.65. The number of nitrogens with two attached hydrogens (primary N) is 2. The lowest BCUT2D eigenvalue weighted by Gasteiger charge is -2.22. The second kappa shape index (κ2) is 5.83. The molecule has 0 fully saturated rings. The summed E-state index contributed by atoms with van der Waals surface area (Å²) in [5.74, 6) is -0.0555. The highest BCUT2D eigenvalue weighted by atomic mass is 15.3. The SMILES string of the molecule is CC(C)(C)c1ccc(/C=N/N=C(N)N)n1-c1ccccc1. The van der Waals surface area contributed by atoms with E-state index in [2.05, 4.69) is 53.7 Å². The summed E-state index contributed by atoms with van der Waals surface area (Å²) in [5, 5.41) is 7.57. The van der Waals surface area contributed by atoms with Crippen LogP contribution < -0.4 is 11.5 Å². The third-order valence-corrected chi connectivity index (χ3v) is 3.06. The Morgan fingerprint density at radius 3 is 2.29 bits per heavy atom. The molecule has 0 aliphatic heterocycles. The van der Waals surface area contributed by atoms with Gasteiger partial charge in [0, 0.05) is 16.8 Å². The van der Waals surface area contributed by atoms with E-state index in [4.69, 9.17) is 11.5 Å². The number of para-hydroxylation sites is 1. The van der Waals surface area contributed by atoms with Crippen LogP contribution in [0, 0.1) is 0 Å². The molecule has 0 saturated carbocycles. The monoisotopic (exact) mass is 283 g/mol. The van der Waals surface area contributed by atoms with Crippen LogP contribution in [0.4, 0.5) is 0 Å². The van der Waals surface area contributed by atoms with Crippen LogP contribution in [0.3, 0.4) is 0 Å². The molecule has 0 aliphatic carbocycles. The Morgan fingerprint density at radius 2 is 1.71 bits per heavy atom. The molecule has 1 aromatic carbocycles. The average Bonchev–Trinajstić information content (AvgIpc) is 2.83. The third-order valence-electron chi connectivity index (χ3n) is 3.06. The molecule has 4 N–H and O–H groups in total. The lowest BCUT2D eigenvalue weighted by molar-refractivity contribution is 0.556. The Hall–Kier alpha value is -2.56. The van der Waals surface area contributed by atoms with E-state index < -0.39 is 0 Å². The van der Waals surface area contributed by atoms with Crippen molar-refractivity contribution in [2.45, 2.75) is 26.2 Å². The Bertz CT molecular complexity index is 656. The number of nitrogens with zero attached hydrogens (tertiary/aromatic N) is 3. The van der Waals surface area contributed by atoms with Crippen molar-refractivity contribution < 1.29 is 0 Å². The van der Waals surface area contributed by atoms with Crippen molar-refractivity contribution in [1.82, 2.24) is 4.57 Å². The largest absolute Gasteiger partial charge is 0.369 e. The van der Waals surface area contributed by atoms with E-state index >= 15 is 0 Å². The van der Waals surface area contributed by atoms with Crippen LogP contribution in [-0.4, -0.2) is 16.7 Å². The number of hydrogen-bond acceptors (Lipinski definition) is 2. The van der Waals surface area contributed by atoms with Crippen molar-refractivity contribution in [3.8, 4) is 5.69 Å². The number of hydrogen-bond donors (Lipinski definition) is 2. The molecule has 5 nitrogen and oxygen atoms in total. The minimum Gasteiger partial charge on any atom is -0.369 e. The standard InChI is InChI=1S/C16H21N5/c1-16(2,3)14-10-9-13(11-19-20-15(17)18)21(14)12-7-5-4-6-8-12/h4-11H,1-3H3,(H4,17,18,20)/b19-11+. The van der Waals surface area contributed by atoms with Gasteiger partial charge in [0.1, 0.15) is 0 Å². The zero-order valence-corrected chi connectivity index (χ0v) is 12.6. The van der Waals surface area contributed by atoms with Gasteiger partial charge < -0.3 is 16.0 Å². The highest BCUT2D eigenvalue weighted by Crippen LogP contribution is 2.27. The molecule has 0 bridgehead atoms. The minimum atomic E-state index is -0.0555. The molecule has 0 atom stereocenters. The first-order valence-corrected chi connectivity index (χ1v) is 6.79. The van der Waals surface area contributed by atoms with Gasteiger partial charge in [-0.3, -0.25) is 0 Å². The maximum atomic E-state index is 5.29. The molecule has 0 radical (unpaired) electrons. The maximum Gasteiger partial charge on any atom is 0.211 e. The first-order chi connectivity index (χ1) is 9.89. The minimum absolute atomic E-state index is 0.0120. The van der Waals surface area contributed by atoms with Crippen LogP contribution in [0.25, 0.3) is 5.69 Å². The lowest BCUT2D eigenvalue weighted by atomic mass is 9.92.